The minimum absolute atomic E-state index is 0.291. The van der Waals surface area contributed by atoms with Gasteiger partial charge in [0, 0.05) is 12.1 Å². The van der Waals surface area contributed by atoms with Crippen molar-refractivity contribution in [3.05, 3.63) is 89.4 Å². The molecule has 0 saturated carbocycles. The van der Waals surface area contributed by atoms with Gasteiger partial charge in [0.2, 0.25) is 0 Å². The van der Waals surface area contributed by atoms with Gasteiger partial charge in [0.1, 0.15) is 11.5 Å². The second-order valence-electron chi connectivity index (χ2n) is 6.18. The van der Waals surface area contributed by atoms with Crippen LogP contribution < -0.4 is 4.74 Å². The second kappa shape index (κ2) is 7.06. The van der Waals surface area contributed by atoms with Crippen LogP contribution in [0.15, 0.2) is 71.3 Å². The van der Waals surface area contributed by atoms with Crippen LogP contribution in [-0.2, 0) is 17.8 Å². The fraction of sp³-hybridized carbons (Fsp3) is 0.190. The van der Waals surface area contributed by atoms with Gasteiger partial charge >= 0.3 is 5.97 Å². The van der Waals surface area contributed by atoms with E-state index in [9.17, 15) is 4.79 Å². The number of carbonyl (C=O) groups excluding carboxylic acids is 1. The van der Waals surface area contributed by atoms with Crippen molar-refractivity contribution < 1.29 is 18.7 Å². The summed E-state index contributed by atoms with van der Waals surface area (Å²) in [6.45, 7) is 1.11. The minimum atomic E-state index is -0.449. The lowest BCUT2D eigenvalue weighted by Crippen LogP contribution is -2.28. The molecule has 0 N–H and O–H groups in total. The summed E-state index contributed by atoms with van der Waals surface area (Å²) in [4.78, 5) is 14.3. The number of carbonyl (C=O) groups is 1. The summed E-state index contributed by atoms with van der Waals surface area (Å²) in [6.07, 6.45) is 1.20. The Morgan fingerprint density at radius 3 is 2.73 bits per heavy atom. The number of esters is 1. The Bertz CT molecular complexity index is 904. The first kappa shape index (κ1) is 16.4. The first-order chi connectivity index (χ1) is 12.7. The first-order valence-corrected chi connectivity index (χ1v) is 8.44. The average Bonchev–Trinajstić information content (AvgIpc) is 3.30. The quantitative estimate of drug-likeness (QED) is 0.626. The molecule has 26 heavy (non-hydrogen) atoms. The Balaban J connectivity index is 1.66. The smallest absolute Gasteiger partial charge is 0.340 e. The van der Waals surface area contributed by atoms with Crippen molar-refractivity contribution >= 4 is 5.97 Å². The molecule has 3 aromatic rings. The maximum absolute atomic E-state index is 12.2. The predicted molar refractivity (Wildman–Crippen MR) is 95.5 cm³/mol. The Kier molecular flexibility index (Phi) is 4.46. The van der Waals surface area contributed by atoms with Crippen LogP contribution in [0.4, 0.5) is 0 Å². The van der Waals surface area contributed by atoms with Crippen LogP contribution in [0.3, 0.4) is 0 Å². The lowest BCUT2D eigenvalue weighted by atomic mass is 10.1. The molecule has 0 fully saturated rings. The zero-order chi connectivity index (χ0) is 17.9. The molecule has 4 rings (SSSR count). The highest BCUT2D eigenvalue weighted by Crippen LogP contribution is 2.35. The average molecular weight is 349 g/mol. The number of fused-ring (bicyclic) bond motifs is 1. The molecule has 0 amide bonds. The van der Waals surface area contributed by atoms with E-state index in [1.165, 1.54) is 0 Å². The molecule has 132 valence electrons. The number of hydrogen-bond acceptors (Lipinski definition) is 5. The van der Waals surface area contributed by atoms with Gasteiger partial charge in [-0.05, 0) is 35.9 Å². The second-order valence-corrected chi connectivity index (χ2v) is 6.18. The molecule has 0 aliphatic carbocycles. The van der Waals surface area contributed by atoms with Crippen molar-refractivity contribution in [3.8, 4) is 5.75 Å². The van der Waals surface area contributed by atoms with Crippen molar-refractivity contribution in [2.45, 2.75) is 19.3 Å². The number of ether oxygens (including phenoxy) is 2. The van der Waals surface area contributed by atoms with Crippen LogP contribution in [-0.4, -0.2) is 18.0 Å². The van der Waals surface area contributed by atoms with Crippen molar-refractivity contribution in [2.24, 2.45) is 0 Å². The molecule has 0 saturated heterocycles. The van der Waals surface area contributed by atoms with E-state index >= 15 is 0 Å². The number of nitrogens with zero attached hydrogens (tertiary/aromatic N) is 1. The molecular weight excluding hydrogens is 330 g/mol. The van der Waals surface area contributed by atoms with Crippen LogP contribution >= 0.6 is 0 Å². The molecule has 1 aliphatic rings. The number of hydrogen-bond donors (Lipinski definition) is 0. The summed E-state index contributed by atoms with van der Waals surface area (Å²) in [5.41, 5.74) is 2.57. The van der Waals surface area contributed by atoms with Gasteiger partial charge in [-0.1, -0.05) is 30.3 Å². The number of methoxy groups -OCH3 is 1. The van der Waals surface area contributed by atoms with Crippen molar-refractivity contribution in [1.29, 1.82) is 0 Å². The van der Waals surface area contributed by atoms with Gasteiger partial charge in [0.25, 0.3) is 0 Å². The monoisotopic (exact) mass is 349 g/mol. The molecule has 1 aliphatic heterocycles. The van der Waals surface area contributed by atoms with E-state index in [4.69, 9.17) is 13.9 Å². The van der Waals surface area contributed by atoms with E-state index in [-0.39, 0.29) is 5.97 Å². The van der Waals surface area contributed by atoms with Crippen molar-refractivity contribution in [2.75, 3.05) is 7.11 Å². The molecule has 5 nitrogen and oxygen atoms in total. The van der Waals surface area contributed by atoms with Gasteiger partial charge in [0.15, 0.2) is 6.23 Å². The molecule has 1 unspecified atom stereocenters. The summed E-state index contributed by atoms with van der Waals surface area (Å²) in [7, 11) is 1.65. The Labute approximate surface area is 151 Å². The van der Waals surface area contributed by atoms with E-state index in [0.29, 0.717) is 18.7 Å². The molecule has 0 radical (unpaired) electrons. The van der Waals surface area contributed by atoms with Crippen molar-refractivity contribution in [1.82, 2.24) is 4.90 Å². The van der Waals surface area contributed by atoms with E-state index in [2.05, 4.69) is 4.90 Å². The third-order valence-electron chi connectivity index (χ3n) is 4.46. The van der Waals surface area contributed by atoms with Crippen LogP contribution in [0.1, 0.15) is 33.5 Å². The Morgan fingerprint density at radius 1 is 1.04 bits per heavy atom. The molecule has 0 bridgehead atoms. The fourth-order valence-electron chi connectivity index (χ4n) is 3.23. The molecule has 1 aromatic heterocycles. The van der Waals surface area contributed by atoms with Crippen LogP contribution in [0.5, 0.6) is 5.75 Å². The maximum Gasteiger partial charge on any atom is 0.340 e. The van der Waals surface area contributed by atoms with Crippen LogP contribution in [0, 0.1) is 0 Å². The van der Waals surface area contributed by atoms with Crippen molar-refractivity contribution in [3.63, 3.8) is 0 Å². The van der Waals surface area contributed by atoms with Gasteiger partial charge in [0.05, 0.1) is 25.5 Å². The Morgan fingerprint density at radius 2 is 1.92 bits per heavy atom. The summed E-state index contributed by atoms with van der Waals surface area (Å²) in [5.74, 6) is 1.32. The lowest BCUT2D eigenvalue weighted by molar-refractivity contribution is -0.0335. The van der Waals surface area contributed by atoms with Gasteiger partial charge in [-0.3, -0.25) is 4.90 Å². The molecule has 2 heterocycles. The molecule has 5 heteroatoms. The van der Waals surface area contributed by atoms with E-state index in [1.54, 1.807) is 19.4 Å². The third kappa shape index (κ3) is 3.21. The SMILES string of the molecule is COc1cccc(CN(Cc2ccco2)C2OC(=O)c3ccccc32)c1. The Hall–Kier alpha value is -3.05. The third-order valence-corrected chi connectivity index (χ3v) is 4.46. The van der Waals surface area contributed by atoms with E-state index in [1.807, 2.05) is 54.6 Å². The van der Waals surface area contributed by atoms with Gasteiger partial charge < -0.3 is 13.9 Å². The largest absolute Gasteiger partial charge is 0.497 e. The summed E-state index contributed by atoms with van der Waals surface area (Å²) in [6, 6.07) is 19.2. The van der Waals surface area contributed by atoms with Gasteiger partial charge in [-0.2, -0.15) is 0 Å². The topological polar surface area (TPSA) is 51.9 Å². The summed E-state index contributed by atoms with van der Waals surface area (Å²) < 4.78 is 16.5. The fourth-order valence-corrected chi connectivity index (χ4v) is 3.23. The van der Waals surface area contributed by atoms with E-state index in [0.717, 1.165) is 22.6 Å². The minimum Gasteiger partial charge on any atom is -0.497 e. The number of rotatable bonds is 6. The number of furan rings is 1. The number of benzene rings is 2. The molecule has 0 spiro atoms. The van der Waals surface area contributed by atoms with Gasteiger partial charge in [-0.25, -0.2) is 4.79 Å². The van der Waals surface area contributed by atoms with Crippen LogP contribution in [0.25, 0.3) is 0 Å². The molecule has 2 aromatic carbocycles. The van der Waals surface area contributed by atoms with E-state index < -0.39 is 6.23 Å². The maximum atomic E-state index is 12.2. The predicted octanol–water partition coefficient (Wildman–Crippen LogP) is 4.16. The first-order valence-electron chi connectivity index (χ1n) is 8.44. The lowest BCUT2D eigenvalue weighted by Gasteiger charge is -2.27. The summed E-state index contributed by atoms with van der Waals surface area (Å²) >= 11 is 0. The van der Waals surface area contributed by atoms with Crippen LogP contribution in [0.2, 0.25) is 0 Å². The highest BCUT2D eigenvalue weighted by molar-refractivity contribution is 5.93. The summed E-state index contributed by atoms with van der Waals surface area (Å²) in [5, 5.41) is 0. The molecule has 1 atom stereocenters. The molecular formula is C21H19NO4. The van der Waals surface area contributed by atoms with Gasteiger partial charge in [-0.15, -0.1) is 0 Å². The normalized spacial score (nSPS) is 15.8. The zero-order valence-electron chi connectivity index (χ0n) is 14.4. The number of cyclic esters (lactones) is 1. The standard InChI is InChI=1S/C21H19NO4/c1-24-16-7-4-6-15(12-16)13-22(14-17-8-5-11-25-17)20-18-9-2-3-10-19(18)21(23)26-20/h2-12,20H,13-14H2,1H3. The highest BCUT2D eigenvalue weighted by Gasteiger charge is 2.35. The zero-order valence-corrected chi connectivity index (χ0v) is 14.4. The highest BCUT2D eigenvalue weighted by atomic mass is 16.6.